The van der Waals surface area contributed by atoms with Gasteiger partial charge in [0.15, 0.2) is 17.3 Å². The fourth-order valence-electron chi connectivity index (χ4n) is 2.19. The van der Waals surface area contributed by atoms with Crippen molar-refractivity contribution in [2.45, 2.75) is 0 Å². The summed E-state index contributed by atoms with van der Waals surface area (Å²) >= 11 is 0. The number of nitrogens with zero attached hydrogens (tertiary/aromatic N) is 1. The van der Waals surface area contributed by atoms with Gasteiger partial charge >= 0.3 is 0 Å². The third-order valence-electron chi connectivity index (χ3n) is 3.28. The predicted molar refractivity (Wildman–Crippen MR) is 78.1 cm³/mol. The average molecular weight is 281 g/mol. The van der Waals surface area contributed by atoms with E-state index in [1.165, 1.54) is 19.2 Å². The van der Waals surface area contributed by atoms with Crippen LogP contribution in [0.5, 0.6) is 5.75 Å². The Morgan fingerprint density at radius 1 is 1.10 bits per heavy atom. The monoisotopic (exact) mass is 281 g/mol. The molecule has 1 heterocycles. The number of fused-ring (bicyclic) bond motifs is 1. The fraction of sp³-hybridized carbons (Fsp3) is 0.0588. The van der Waals surface area contributed by atoms with Crippen LogP contribution in [0, 0.1) is 5.82 Å². The summed E-state index contributed by atoms with van der Waals surface area (Å²) in [4.78, 5) is 16.6. The topological polar surface area (TPSA) is 39.2 Å². The smallest absolute Gasteiger partial charge is 0.193 e. The number of hydrogen-bond donors (Lipinski definition) is 0. The van der Waals surface area contributed by atoms with Gasteiger partial charge in [0.1, 0.15) is 0 Å². The molecule has 0 atom stereocenters. The largest absolute Gasteiger partial charge is 0.494 e. The lowest BCUT2D eigenvalue weighted by Gasteiger charge is -2.06. The molecule has 3 nitrogen and oxygen atoms in total. The van der Waals surface area contributed by atoms with Crippen molar-refractivity contribution in [3.8, 4) is 5.75 Å². The van der Waals surface area contributed by atoms with Crippen LogP contribution in [0.3, 0.4) is 0 Å². The van der Waals surface area contributed by atoms with Gasteiger partial charge in [0, 0.05) is 22.7 Å². The molecule has 0 aliphatic carbocycles. The van der Waals surface area contributed by atoms with Crippen LogP contribution in [0.25, 0.3) is 10.9 Å². The Labute approximate surface area is 121 Å². The molecule has 0 spiro atoms. The molecule has 0 saturated heterocycles. The van der Waals surface area contributed by atoms with Gasteiger partial charge in [-0.2, -0.15) is 0 Å². The molecule has 1 aromatic heterocycles. The summed E-state index contributed by atoms with van der Waals surface area (Å²) in [6, 6.07) is 13.1. The minimum atomic E-state index is -0.550. The molecule has 0 fully saturated rings. The molecule has 0 N–H and O–H groups in total. The summed E-state index contributed by atoms with van der Waals surface area (Å²) in [6.45, 7) is 0. The Hall–Kier alpha value is -2.75. The summed E-state index contributed by atoms with van der Waals surface area (Å²) in [5, 5.41) is 0.873. The number of benzene rings is 2. The van der Waals surface area contributed by atoms with E-state index < -0.39 is 5.82 Å². The van der Waals surface area contributed by atoms with Gasteiger partial charge < -0.3 is 4.74 Å². The molecule has 3 aromatic rings. The molecular weight excluding hydrogens is 269 g/mol. The van der Waals surface area contributed by atoms with Gasteiger partial charge in [-0.05, 0) is 42.5 Å². The molecule has 0 unspecified atom stereocenters. The van der Waals surface area contributed by atoms with E-state index in [0.717, 1.165) is 10.9 Å². The van der Waals surface area contributed by atoms with Crippen molar-refractivity contribution in [3.63, 3.8) is 0 Å². The lowest BCUT2D eigenvalue weighted by atomic mass is 10.0. The van der Waals surface area contributed by atoms with Crippen molar-refractivity contribution < 1.29 is 13.9 Å². The summed E-state index contributed by atoms with van der Waals surface area (Å²) in [5.74, 6) is -0.664. The Balaban J connectivity index is 2.01. The molecule has 0 aliphatic rings. The maximum Gasteiger partial charge on any atom is 0.193 e. The van der Waals surface area contributed by atoms with E-state index in [2.05, 4.69) is 4.98 Å². The number of carbonyl (C=O) groups is 1. The molecule has 0 aliphatic heterocycles. The van der Waals surface area contributed by atoms with E-state index in [4.69, 9.17) is 4.74 Å². The summed E-state index contributed by atoms with van der Waals surface area (Å²) < 4.78 is 18.5. The maximum absolute atomic E-state index is 13.7. The third kappa shape index (κ3) is 2.48. The minimum Gasteiger partial charge on any atom is -0.494 e. The second kappa shape index (κ2) is 5.32. The van der Waals surface area contributed by atoms with Gasteiger partial charge in [-0.1, -0.05) is 6.07 Å². The Morgan fingerprint density at radius 2 is 1.86 bits per heavy atom. The summed E-state index contributed by atoms with van der Waals surface area (Å²) in [7, 11) is 1.39. The standard InChI is InChI=1S/C17H12FNO2/c1-21-16-7-5-13(10-14(16)18)17(20)12-4-6-15-11(9-12)3-2-8-19-15/h2-10H,1H3. The van der Waals surface area contributed by atoms with E-state index in [-0.39, 0.29) is 17.1 Å². The highest BCUT2D eigenvalue weighted by atomic mass is 19.1. The molecule has 21 heavy (non-hydrogen) atoms. The second-order valence-corrected chi connectivity index (χ2v) is 4.59. The van der Waals surface area contributed by atoms with Crippen LogP contribution in [-0.2, 0) is 0 Å². The zero-order chi connectivity index (χ0) is 14.8. The Kier molecular flexibility index (Phi) is 3.36. The number of pyridine rings is 1. The molecule has 104 valence electrons. The maximum atomic E-state index is 13.7. The fourth-order valence-corrected chi connectivity index (χ4v) is 2.19. The molecule has 4 heteroatoms. The van der Waals surface area contributed by atoms with Gasteiger partial charge in [0.05, 0.1) is 12.6 Å². The van der Waals surface area contributed by atoms with Crippen molar-refractivity contribution in [2.24, 2.45) is 0 Å². The summed E-state index contributed by atoms with van der Waals surface area (Å²) in [6.07, 6.45) is 1.70. The first-order chi connectivity index (χ1) is 10.2. The van der Waals surface area contributed by atoms with Gasteiger partial charge in [0.2, 0.25) is 0 Å². The van der Waals surface area contributed by atoms with E-state index in [0.29, 0.717) is 5.56 Å². The first-order valence-corrected chi connectivity index (χ1v) is 6.42. The molecule has 0 radical (unpaired) electrons. The Morgan fingerprint density at radius 3 is 2.62 bits per heavy atom. The zero-order valence-corrected chi connectivity index (χ0v) is 11.3. The highest BCUT2D eigenvalue weighted by molar-refractivity contribution is 6.10. The van der Waals surface area contributed by atoms with Crippen LogP contribution >= 0.6 is 0 Å². The van der Waals surface area contributed by atoms with E-state index in [9.17, 15) is 9.18 Å². The van der Waals surface area contributed by atoms with Gasteiger partial charge in [-0.25, -0.2) is 4.39 Å². The van der Waals surface area contributed by atoms with E-state index in [1.54, 1.807) is 30.5 Å². The van der Waals surface area contributed by atoms with Crippen LogP contribution in [0.4, 0.5) is 4.39 Å². The minimum absolute atomic E-state index is 0.120. The lowest BCUT2D eigenvalue weighted by molar-refractivity contribution is 0.103. The highest BCUT2D eigenvalue weighted by Crippen LogP contribution is 2.21. The van der Waals surface area contributed by atoms with Gasteiger partial charge in [0.25, 0.3) is 0 Å². The van der Waals surface area contributed by atoms with Crippen LogP contribution in [0.2, 0.25) is 0 Å². The van der Waals surface area contributed by atoms with Crippen molar-refractivity contribution in [2.75, 3.05) is 7.11 Å². The Bertz CT molecular complexity index is 830. The van der Waals surface area contributed by atoms with Gasteiger partial charge in [-0.15, -0.1) is 0 Å². The number of halogens is 1. The normalized spacial score (nSPS) is 10.6. The number of ether oxygens (including phenoxy) is 1. The predicted octanol–water partition coefficient (Wildman–Crippen LogP) is 3.61. The van der Waals surface area contributed by atoms with E-state index in [1.807, 2.05) is 12.1 Å². The van der Waals surface area contributed by atoms with Crippen molar-refractivity contribution in [3.05, 3.63) is 71.7 Å². The quantitative estimate of drug-likeness (QED) is 0.688. The molecule has 3 rings (SSSR count). The zero-order valence-electron chi connectivity index (χ0n) is 11.3. The van der Waals surface area contributed by atoms with Crippen molar-refractivity contribution in [1.82, 2.24) is 4.98 Å². The van der Waals surface area contributed by atoms with Gasteiger partial charge in [-0.3, -0.25) is 9.78 Å². The highest BCUT2D eigenvalue weighted by Gasteiger charge is 2.12. The number of rotatable bonds is 3. The lowest BCUT2D eigenvalue weighted by Crippen LogP contribution is -2.02. The molecule has 2 aromatic carbocycles. The van der Waals surface area contributed by atoms with E-state index >= 15 is 0 Å². The van der Waals surface area contributed by atoms with Crippen LogP contribution < -0.4 is 4.74 Å². The number of ketones is 1. The second-order valence-electron chi connectivity index (χ2n) is 4.59. The molecular formula is C17H12FNO2. The van der Waals surface area contributed by atoms with Crippen LogP contribution in [0.15, 0.2) is 54.7 Å². The number of aromatic nitrogens is 1. The number of carbonyl (C=O) groups excluding carboxylic acids is 1. The molecule has 0 bridgehead atoms. The molecule has 0 amide bonds. The first kappa shape index (κ1) is 13.2. The summed E-state index contributed by atoms with van der Waals surface area (Å²) in [5.41, 5.74) is 1.60. The van der Waals surface area contributed by atoms with Crippen LogP contribution in [-0.4, -0.2) is 17.9 Å². The number of hydrogen-bond acceptors (Lipinski definition) is 3. The molecule has 0 saturated carbocycles. The first-order valence-electron chi connectivity index (χ1n) is 6.42. The SMILES string of the molecule is COc1ccc(C(=O)c2ccc3ncccc3c2)cc1F. The average Bonchev–Trinajstić information content (AvgIpc) is 2.53. The van der Waals surface area contributed by atoms with Crippen molar-refractivity contribution in [1.29, 1.82) is 0 Å². The third-order valence-corrected chi connectivity index (χ3v) is 3.28. The van der Waals surface area contributed by atoms with Crippen molar-refractivity contribution >= 4 is 16.7 Å². The van der Waals surface area contributed by atoms with Crippen LogP contribution in [0.1, 0.15) is 15.9 Å². The number of methoxy groups -OCH3 is 1.